The van der Waals surface area contributed by atoms with Gasteiger partial charge in [-0.15, -0.1) is 0 Å². The van der Waals surface area contributed by atoms with Gasteiger partial charge in [-0.1, -0.05) is 17.7 Å². The van der Waals surface area contributed by atoms with Gasteiger partial charge in [0.1, 0.15) is 6.10 Å². The number of likely N-dealkylation sites (N-methyl/N-ethyl adjacent to an activating group) is 1. The maximum Gasteiger partial charge on any atom is 0.165 e. The van der Waals surface area contributed by atoms with E-state index >= 15 is 0 Å². The summed E-state index contributed by atoms with van der Waals surface area (Å²) in [6.45, 7) is 5.32. The molecule has 2 aliphatic heterocycles. The number of aliphatic hydroxyl groups is 1. The van der Waals surface area contributed by atoms with Crippen molar-refractivity contribution in [3.63, 3.8) is 0 Å². The molecular formula is C22H29NO3. The lowest BCUT2D eigenvalue weighted by Crippen LogP contribution is -2.75. The normalized spacial score (nSPS) is 39.8. The molecule has 2 aliphatic carbocycles. The van der Waals surface area contributed by atoms with Gasteiger partial charge in [0.05, 0.1) is 18.1 Å². The highest BCUT2D eigenvalue weighted by molar-refractivity contribution is 5.63. The summed E-state index contributed by atoms with van der Waals surface area (Å²) in [5.41, 5.74) is 2.88. The molecule has 0 radical (unpaired) electrons. The minimum absolute atomic E-state index is 0.00213. The predicted molar refractivity (Wildman–Crippen MR) is 101 cm³/mol. The van der Waals surface area contributed by atoms with Crippen LogP contribution in [0.4, 0.5) is 0 Å². The number of ether oxygens (including phenoxy) is 2. The second-order valence-corrected chi connectivity index (χ2v) is 8.96. The van der Waals surface area contributed by atoms with Gasteiger partial charge in [0.2, 0.25) is 0 Å². The smallest absolute Gasteiger partial charge is 0.165 e. The maximum atomic E-state index is 12.1. The molecular weight excluding hydrogens is 326 g/mol. The van der Waals surface area contributed by atoms with Gasteiger partial charge in [0, 0.05) is 17.5 Å². The third-order valence-electron chi connectivity index (χ3n) is 7.53. The number of piperidine rings is 1. The maximum absolute atomic E-state index is 12.1. The summed E-state index contributed by atoms with van der Waals surface area (Å²) in [6, 6.07) is 4.40. The average Bonchev–Trinajstić information content (AvgIpc) is 2.95. The predicted octanol–water partition coefficient (Wildman–Crippen LogP) is 3.06. The van der Waals surface area contributed by atoms with Gasteiger partial charge in [-0.3, -0.25) is 0 Å². The van der Waals surface area contributed by atoms with Crippen molar-refractivity contribution in [3.05, 3.63) is 34.9 Å². The van der Waals surface area contributed by atoms with Crippen LogP contribution in [0.15, 0.2) is 23.8 Å². The zero-order valence-electron chi connectivity index (χ0n) is 16.2. The van der Waals surface area contributed by atoms with E-state index in [4.69, 9.17) is 9.47 Å². The summed E-state index contributed by atoms with van der Waals surface area (Å²) in [7, 11) is 3.87. The molecule has 4 aliphatic rings. The minimum Gasteiger partial charge on any atom is -0.493 e. The summed E-state index contributed by atoms with van der Waals surface area (Å²) < 4.78 is 12.3. The van der Waals surface area contributed by atoms with Crippen molar-refractivity contribution in [2.24, 2.45) is 5.92 Å². The second kappa shape index (κ2) is 5.26. The largest absolute Gasteiger partial charge is 0.493 e. The summed E-state index contributed by atoms with van der Waals surface area (Å²) >= 11 is 0. The zero-order valence-corrected chi connectivity index (χ0v) is 16.2. The highest BCUT2D eigenvalue weighted by Gasteiger charge is 2.72. The van der Waals surface area contributed by atoms with Crippen LogP contribution in [0.3, 0.4) is 0 Å². The highest BCUT2D eigenvalue weighted by Crippen LogP contribution is 2.66. The molecule has 2 fully saturated rings. The van der Waals surface area contributed by atoms with Crippen LogP contribution in [-0.4, -0.2) is 48.5 Å². The van der Waals surface area contributed by atoms with E-state index in [0.29, 0.717) is 5.92 Å². The van der Waals surface area contributed by atoms with Gasteiger partial charge in [0.15, 0.2) is 11.5 Å². The summed E-state index contributed by atoms with van der Waals surface area (Å²) in [5, 5.41) is 12.1. The number of hydrogen-bond acceptors (Lipinski definition) is 4. The Bertz CT molecular complexity index is 799. The monoisotopic (exact) mass is 355 g/mol. The van der Waals surface area contributed by atoms with E-state index in [1.54, 1.807) is 7.11 Å². The van der Waals surface area contributed by atoms with Crippen molar-refractivity contribution in [1.82, 2.24) is 4.90 Å². The molecule has 4 heteroatoms. The Hall–Kier alpha value is -1.52. The van der Waals surface area contributed by atoms with Gasteiger partial charge in [-0.05, 0) is 64.8 Å². The van der Waals surface area contributed by atoms with E-state index in [2.05, 4.69) is 37.9 Å². The van der Waals surface area contributed by atoms with Gasteiger partial charge < -0.3 is 19.5 Å². The summed E-state index contributed by atoms with van der Waals surface area (Å²) in [4.78, 5) is 2.37. The Kier molecular flexibility index (Phi) is 3.37. The van der Waals surface area contributed by atoms with E-state index in [0.717, 1.165) is 43.7 Å². The van der Waals surface area contributed by atoms with Crippen LogP contribution in [-0.2, 0) is 11.8 Å². The molecule has 0 aromatic heterocycles. The quantitative estimate of drug-likeness (QED) is 0.828. The van der Waals surface area contributed by atoms with E-state index < -0.39 is 5.60 Å². The minimum atomic E-state index is -0.721. The molecule has 1 saturated carbocycles. The fraction of sp³-hybridized carbons (Fsp3) is 0.636. The summed E-state index contributed by atoms with van der Waals surface area (Å²) in [6.07, 6.45) is 6.01. The Labute approximate surface area is 155 Å². The molecule has 1 spiro atoms. The Morgan fingerprint density at radius 1 is 1.35 bits per heavy atom. The van der Waals surface area contributed by atoms with E-state index in [1.165, 1.54) is 16.7 Å². The third-order valence-corrected chi connectivity index (χ3v) is 7.53. The van der Waals surface area contributed by atoms with E-state index in [9.17, 15) is 5.11 Å². The first-order valence-electron chi connectivity index (χ1n) is 9.87. The van der Waals surface area contributed by atoms with Gasteiger partial charge in [-0.25, -0.2) is 0 Å². The number of methoxy groups -OCH3 is 1. The summed E-state index contributed by atoms with van der Waals surface area (Å²) in [5.74, 6) is 2.04. The standard InChI is InChI=1S/C22H29NO3/c1-13(2)11-15-7-8-22(24)17-12-14-5-6-16(25-4)19-18(14)21(22,20(15)26-19)9-10-23(17)3/h5-6,11,15,17,20,24H,7-10,12H2,1-4H3. The van der Waals surface area contributed by atoms with Crippen LogP contribution in [0.25, 0.3) is 0 Å². The van der Waals surface area contributed by atoms with E-state index in [1.807, 2.05) is 6.07 Å². The van der Waals surface area contributed by atoms with Gasteiger partial charge in [-0.2, -0.15) is 0 Å². The highest BCUT2D eigenvalue weighted by atomic mass is 16.5. The molecule has 1 aromatic carbocycles. The van der Waals surface area contributed by atoms with Crippen molar-refractivity contribution in [2.45, 2.75) is 62.7 Å². The van der Waals surface area contributed by atoms with Crippen LogP contribution in [0.5, 0.6) is 11.5 Å². The fourth-order valence-corrected chi connectivity index (χ4v) is 6.54. The Balaban J connectivity index is 1.78. The topological polar surface area (TPSA) is 41.9 Å². The number of hydrogen-bond donors (Lipinski definition) is 1. The second-order valence-electron chi connectivity index (χ2n) is 8.96. The molecule has 1 N–H and O–H groups in total. The van der Waals surface area contributed by atoms with Crippen LogP contribution < -0.4 is 9.47 Å². The zero-order chi connectivity index (χ0) is 18.3. The molecule has 2 bridgehead atoms. The molecule has 0 amide bonds. The molecule has 5 atom stereocenters. The Morgan fingerprint density at radius 3 is 2.88 bits per heavy atom. The molecule has 1 aromatic rings. The first-order valence-corrected chi connectivity index (χ1v) is 9.87. The van der Waals surface area contributed by atoms with Crippen LogP contribution in [0.1, 0.15) is 44.2 Å². The molecule has 5 rings (SSSR count). The van der Waals surface area contributed by atoms with Crippen LogP contribution >= 0.6 is 0 Å². The lowest BCUT2D eigenvalue weighted by Gasteiger charge is -2.63. The van der Waals surface area contributed by atoms with Crippen molar-refractivity contribution in [1.29, 1.82) is 0 Å². The number of rotatable bonds is 2. The first-order chi connectivity index (χ1) is 12.4. The third kappa shape index (κ3) is 1.77. The van der Waals surface area contributed by atoms with Gasteiger partial charge in [0.25, 0.3) is 0 Å². The number of likely N-dealkylation sites (tertiary alicyclic amines) is 1. The number of benzene rings is 1. The SMILES string of the molecule is COc1ccc2c3c1OC1C(C=C(C)C)CCC4(O)C(C2)N(C)CCC314. The molecule has 140 valence electrons. The molecule has 1 saturated heterocycles. The number of nitrogens with zero attached hydrogens (tertiary/aromatic N) is 1. The lowest BCUT2D eigenvalue weighted by atomic mass is 9.47. The van der Waals surface area contributed by atoms with Crippen molar-refractivity contribution in [3.8, 4) is 11.5 Å². The molecule has 2 heterocycles. The van der Waals surface area contributed by atoms with Crippen molar-refractivity contribution < 1.29 is 14.6 Å². The lowest BCUT2D eigenvalue weighted by molar-refractivity contribution is -0.188. The Morgan fingerprint density at radius 2 is 2.15 bits per heavy atom. The average molecular weight is 355 g/mol. The van der Waals surface area contributed by atoms with E-state index in [-0.39, 0.29) is 17.6 Å². The number of allylic oxidation sites excluding steroid dienone is 1. The molecule has 5 unspecified atom stereocenters. The first kappa shape index (κ1) is 16.6. The van der Waals surface area contributed by atoms with Crippen LogP contribution in [0.2, 0.25) is 0 Å². The van der Waals surface area contributed by atoms with Crippen molar-refractivity contribution >= 4 is 0 Å². The molecule has 4 nitrogen and oxygen atoms in total. The van der Waals surface area contributed by atoms with Gasteiger partial charge >= 0.3 is 0 Å². The molecule has 26 heavy (non-hydrogen) atoms. The van der Waals surface area contributed by atoms with Crippen LogP contribution in [0, 0.1) is 5.92 Å². The fourth-order valence-electron chi connectivity index (χ4n) is 6.54. The van der Waals surface area contributed by atoms with Crippen molar-refractivity contribution in [2.75, 3.05) is 20.7 Å².